The van der Waals surface area contributed by atoms with Gasteiger partial charge in [0, 0.05) is 41.5 Å². The molecular weight excluding hydrogens is 455 g/mol. The van der Waals surface area contributed by atoms with Crippen molar-refractivity contribution in [2.24, 2.45) is 0 Å². The number of nitrogens with zero attached hydrogens (tertiary/aromatic N) is 4. The van der Waals surface area contributed by atoms with E-state index in [1.54, 1.807) is 6.07 Å². The first kappa shape index (κ1) is 21.9. The summed E-state index contributed by atoms with van der Waals surface area (Å²) < 4.78 is 14.0. The lowest BCUT2D eigenvalue weighted by molar-refractivity contribution is 0.402. The van der Waals surface area contributed by atoms with E-state index in [9.17, 15) is 9.50 Å². The Kier molecular flexibility index (Phi) is 5.23. The summed E-state index contributed by atoms with van der Waals surface area (Å²) in [6.07, 6.45) is 3.68. The van der Waals surface area contributed by atoms with E-state index >= 15 is 0 Å². The normalized spacial score (nSPS) is 11.7. The molecule has 4 heterocycles. The molecule has 0 radical (unpaired) electrons. The highest BCUT2D eigenvalue weighted by atomic mass is 19.1. The molecule has 0 aliphatic rings. The molecule has 0 aliphatic carbocycles. The average molecular weight is 479 g/mol. The van der Waals surface area contributed by atoms with E-state index in [2.05, 4.69) is 31.1 Å². The molecule has 0 fully saturated rings. The molecule has 6 rings (SSSR count). The summed E-state index contributed by atoms with van der Waals surface area (Å²) in [5, 5.41) is 18.4. The van der Waals surface area contributed by atoms with Gasteiger partial charge in [-0.15, -0.1) is 0 Å². The number of pyridine rings is 2. The van der Waals surface area contributed by atoms with Crippen LogP contribution in [0.3, 0.4) is 0 Å². The van der Waals surface area contributed by atoms with Gasteiger partial charge < -0.3 is 15.0 Å². The number of benzene rings is 2. The van der Waals surface area contributed by atoms with Gasteiger partial charge in [-0.1, -0.05) is 12.1 Å². The van der Waals surface area contributed by atoms with Crippen molar-refractivity contribution in [2.45, 2.75) is 6.54 Å². The molecular formula is C28H23FN6O. The summed E-state index contributed by atoms with van der Waals surface area (Å²) >= 11 is 0. The monoisotopic (exact) mass is 478 g/mol. The number of hydrogen-bond acceptors (Lipinski definition) is 5. The Morgan fingerprint density at radius 1 is 0.944 bits per heavy atom. The Morgan fingerprint density at radius 3 is 2.67 bits per heavy atom. The zero-order valence-corrected chi connectivity index (χ0v) is 19.7. The third-order valence-corrected chi connectivity index (χ3v) is 6.11. The van der Waals surface area contributed by atoms with E-state index in [0.29, 0.717) is 11.3 Å². The number of H-pyrrole nitrogens is 2. The van der Waals surface area contributed by atoms with Crippen molar-refractivity contribution in [1.29, 1.82) is 0 Å². The van der Waals surface area contributed by atoms with Crippen molar-refractivity contribution in [3.63, 3.8) is 0 Å². The molecule has 0 bridgehead atoms. The number of nitrogens with one attached hydrogen (secondary N) is 2. The van der Waals surface area contributed by atoms with Gasteiger partial charge in [-0.25, -0.2) is 9.37 Å². The Balaban J connectivity index is 1.45. The molecule has 36 heavy (non-hydrogen) atoms. The van der Waals surface area contributed by atoms with Crippen LogP contribution >= 0.6 is 0 Å². The minimum absolute atomic E-state index is 0.114. The zero-order valence-electron chi connectivity index (χ0n) is 19.7. The van der Waals surface area contributed by atoms with Crippen molar-refractivity contribution in [3.8, 4) is 39.5 Å². The average Bonchev–Trinajstić information content (AvgIpc) is 3.46. The number of rotatable bonds is 5. The van der Waals surface area contributed by atoms with Gasteiger partial charge in [0.05, 0.1) is 16.9 Å². The van der Waals surface area contributed by atoms with Gasteiger partial charge in [-0.2, -0.15) is 5.10 Å². The molecule has 3 N–H and O–H groups in total. The topological polar surface area (TPSA) is 93.7 Å². The van der Waals surface area contributed by atoms with Crippen LogP contribution < -0.4 is 0 Å². The van der Waals surface area contributed by atoms with Gasteiger partial charge in [0.1, 0.15) is 22.8 Å². The lowest BCUT2D eigenvalue weighted by atomic mass is 10.0. The van der Waals surface area contributed by atoms with Crippen LogP contribution in [-0.4, -0.2) is 49.3 Å². The van der Waals surface area contributed by atoms with Crippen LogP contribution in [0.15, 0.2) is 73.1 Å². The van der Waals surface area contributed by atoms with E-state index in [0.717, 1.165) is 62.6 Å². The van der Waals surface area contributed by atoms with E-state index in [-0.39, 0.29) is 5.75 Å². The maximum atomic E-state index is 14.0. The third-order valence-electron chi connectivity index (χ3n) is 6.11. The number of fused-ring (bicyclic) bond motifs is 2. The van der Waals surface area contributed by atoms with Gasteiger partial charge in [0.25, 0.3) is 0 Å². The number of hydrogen-bond donors (Lipinski definition) is 3. The van der Waals surface area contributed by atoms with Crippen molar-refractivity contribution in [2.75, 3.05) is 14.1 Å². The number of aromatic hydroxyl groups is 1. The number of aromatic nitrogens is 5. The summed E-state index contributed by atoms with van der Waals surface area (Å²) in [4.78, 5) is 14.8. The molecule has 8 heteroatoms. The second-order valence-electron chi connectivity index (χ2n) is 9.13. The minimum Gasteiger partial charge on any atom is -0.508 e. The van der Waals surface area contributed by atoms with Crippen LogP contribution in [0.1, 0.15) is 5.56 Å². The van der Waals surface area contributed by atoms with Gasteiger partial charge in [-0.05, 0) is 73.3 Å². The SMILES string of the molecule is CN(C)Cc1cncc(-c2ccc3[nH]nc(-c4cc5c(-c6cc(O)cc(F)c6)cccc5[nH]4)c3n2)c1. The summed E-state index contributed by atoms with van der Waals surface area (Å²) in [7, 11) is 4.05. The summed E-state index contributed by atoms with van der Waals surface area (Å²) in [6.45, 7) is 0.792. The van der Waals surface area contributed by atoms with Gasteiger partial charge in [-0.3, -0.25) is 10.1 Å². The second-order valence-corrected chi connectivity index (χ2v) is 9.13. The number of aromatic amines is 2. The fourth-order valence-corrected chi connectivity index (χ4v) is 4.59. The number of halogens is 1. The lowest BCUT2D eigenvalue weighted by Gasteiger charge is -2.10. The molecule has 0 saturated heterocycles. The molecule has 0 saturated carbocycles. The molecule has 0 unspecified atom stereocenters. The van der Waals surface area contributed by atoms with E-state index in [4.69, 9.17) is 4.98 Å². The molecule has 0 spiro atoms. The molecule has 0 amide bonds. The van der Waals surface area contributed by atoms with Crippen LogP contribution in [0.25, 0.3) is 55.7 Å². The van der Waals surface area contributed by atoms with E-state index in [1.165, 1.54) is 6.07 Å². The largest absolute Gasteiger partial charge is 0.508 e. The molecule has 6 aromatic rings. The highest BCUT2D eigenvalue weighted by Crippen LogP contribution is 2.35. The Labute approximate surface area is 206 Å². The first-order chi connectivity index (χ1) is 17.4. The summed E-state index contributed by atoms with van der Waals surface area (Å²) in [5.74, 6) is -0.603. The van der Waals surface area contributed by atoms with Crippen LogP contribution in [0.5, 0.6) is 5.75 Å². The van der Waals surface area contributed by atoms with Crippen molar-refractivity contribution >= 4 is 21.9 Å². The predicted octanol–water partition coefficient (Wildman–Crippen LogP) is 5.74. The maximum Gasteiger partial charge on any atom is 0.135 e. The molecule has 178 valence electrons. The summed E-state index contributed by atoms with van der Waals surface area (Å²) in [6, 6.07) is 17.8. The standard InChI is InChI=1S/C28H23FN6O/c1-35(2)15-16-8-18(14-30-13-16)23-6-7-25-27(32-23)28(34-33-25)26-12-22-21(4-3-5-24(22)31-26)17-9-19(29)11-20(36)10-17/h3-14,31,36H,15H2,1-2H3,(H,33,34). The molecule has 0 atom stereocenters. The lowest BCUT2D eigenvalue weighted by Crippen LogP contribution is -2.10. The van der Waals surface area contributed by atoms with E-state index in [1.807, 2.05) is 62.9 Å². The van der Waals surface area contributed by atoms with Crippen molar-refractivity contribution < 1.29 is 9.50 Å². The van der Waals surface area contributed by atoms with Crippen LogP contribution in [0.4, 0.5) is 4.39 Å². The maximum absolute atomic E-state index is 14.0. The minimum atomic E-state index is -0.489. The third kappa shape index (κ3) is 3.97. The fraction of sp³-hybridized carbons (Fsp3) is 0.107. The van der Waals surface area contributed by atoms with Crippen molar-refractivity contribution in [1.82, 2.24) is 30.0 Å². The quantitative estimate of drug-likeness (QED) is 0.294. The molecule has 4 aromatic heterocycles. The Hall–Kier alpha value is -4.56. The van der Waals surface area contributed by atoms with E-state index < -0.39 is 5.82 Å². The van der Waals surface area contributed by atoms with Crippen LogP contribution in [0, 0.1) is 5.82 Å². The Morgan fingerprint density at radius 2 is 1.83 bits per heavy atom. The van der Waals surface area contributed by atoms with Crippen LogP contribution in [0.2, 0.25) is 0 Å². The van der Waals surface area contributed by atoms with Crippen molar-refractivity contribution in [3.05, 3.63) is 84.4 Å². The Bertz CT molecular complexity index is 1720. The smallest absolute Gasteiger partial charge is 0.135 e. The molecule has 2 aromatic carbocycles. The molecule has 7 nitrogen and oxygen atoms in total. The number of phenols is 1. The first-order valence-corrected chi connectivity index (χ1v) is 11.5. The first-order valence-electron chi connectivity index (χ1n) is 11.5. The molecule has 0 aliphatic heterocycles. The highest BCUT2D eigenvalue weighted by molar-refractivity contribution is 6.00. The van der Waals surface area contributed by atoms with Gasteiger partial charge in [0.2, 0.25) is 0 Å². The fourth-order valence-electron chi connectivity index (χ4n) is 4.59. The number of phenolic OH excluding ortho intramolecular Hbond substituents is 1. The van der Waals surface area contributed by atoms with Gasteiger partial charge >= 0.3 is 0 Å². The zero-order chi connectivity index (χ0) is 24.8. The predicted molar refractivity (Wildman–Crippen MR) is 139 cm³/mol. The van der Waals surface area contributed by atoms with Crippen LogP contribution in [-0.2, 0) is 6.54 Å². The second kappa shape index (κ2) is 8.58. The highest BCUT2D eigenvalue weighted by Gasteiger charge is 2.16. The summed E-state index contributed by atoms with van der Waals surface area (Å²) in [5.41, 5.74) is 8.17. The van der Waals surface area contributed by atoms with Gasteiger partial charge in [0.15, 0.2) is 0 Å².